The average Bonchev–Trinajstić information content (AvgIpc) is 3.93. The summed E-state index contributed by atoms with van der Waals surface area (Å²) in [6, 6.07) is 8.74. The number of hydrogen-bond acceptors (Lipinski definition) is 9. The van der Waals surface area contributed by atoms with Gasteiger partial charge in [-0.15, -0.1) is 0 Å². The molecule has 314 valence electrons. The van der Waals surface area contributed by atoms with Crippen LogP contribution in [0.2, 0.25) is 0 Å². The van der Waals surface area contributed by atoms with E-state index in [0.717, 1.165) is 39.6 Å². The third-order valence-corrected chi connectivity index (χ3v) is 13.6. The number of amides is 1. The van der Waals surface area contributed by atoms with Gasteiger partial charge in [0.05, 0.1) is 35.9 Å². The number of fused-ring (bicyclic) bond motifs is 4. The molecule has 0 unspecified atom stereocenters. The van der Waals surface area contributed by atoms with Crippen LogP contribution in [0.1, 0.15) is 83.4 Å². The van der Waals surface area contributed by atoms with Gasteiger partial charge < -0.3 is 23.5 Å². The fourth-order valence-electron chi connectivity index (χ4n) is 10.3. The highest BCUT2D eigenvalue weighted by Gasteiger charge is 2.59. The molecule has 4 aliphatic rings. The maximum absolute atomic E-state index is 15.5. The van der Waals surface area contributed by atoms with E-state index in [9.17, 15) is 14.0 Å². The highest BCUT2D eigenvalue weighted by molar-refractivity contribution is 6.00. The Balaban J connectivity index is 1.08. The Bertz CT molecular complexity index is 3060. The number of nitrogens with one attached hydrogen (secondary N) is 1. The fourth-order valence-corrected chi connectivity index (χ4v) is 10.3. The number of hydrogen-bond donors (Lipinski definition) is 1. The van der Waals surface area contributed by atoms with Crippen molar-refractivity contribution in [1.29, 1.82) is 0 Å². The summed E-state index contributed by atoms with van der Waals surface area (Å²) in [5, 5.41) is 10.0. The van der Waals surface area contributed by atoms with Crippen LogP contribution < -0.4 is 16.2 Å². The first-order valence-corrected chi connectivity index (χ1v) is 20.5. The highest BCUT2D eigenvalue weighted by Crippen LogP contribution is 2.57. The Morgan fingerprint density at radius 1 is 0.984 bits per heavy atom. The van der Waals surface area contributed by atoms with Crippen molar-refractivity contribution in [2.75, 3.05) is 26.4 Å². The number of aromatic nitrogens is 9. The van der Waals surface area contributed by atoms with E-state index in [4.69, 9.17) is 19.1 Å². The quantitative estimate of drug-likeness (QED) is 0.241. The number of nitrogens with zero attached hydrogens (tertiary/aromatic N) is 9. The number of halogens is 2. The van der Waals surface area contributed by atoms with E-state index < -0.39 is 29.0 Å². The molecule has 16 nitrogen and oxygen atoms in total. The summed E-state index contributed by atoms with van der Waals surface area (Å²) >= 11 is 0. The second-order valence-corrected chi connectivity index (χ2v) is 17.1. The number of benzene rings is 2. The number of carbonyl (C=O) groups excluding carboxylic acids is 1. The lowest BCUT2D eigenvalue weighted by atomic mass is 9.76. The molecular weight excluding hydrogens is 791 g/mol. The minimum atomic E-state index is -0.891. The number of ether oxygens (including phenoxy) is 2. The lowest BCUT2D eigenvalue weighted by Gasteiger charge is -2.34. The van der Waals surface area contributed by atoms with Crippen molar-refractivity contribution in [2.45, 2.75) is 70.4 Å². The van der Waals surface area contributed by atoms with Gasteiger partial charge in [-0.1, -0.05) is 12.1 Å². The number of rotatable bonds is 6. The number of aromatic amines is 1. The Morgan fingerprint density at radius 3 is 2.36 bits per heavy atom. The minimum Gasteiger partial charge on any atom is -0.492 e. The van der Waals surface area contributed by atoms with E-state index in [-0.39, 0.29) is 35.4 Å². The van der Waals surface area contributed by atoms with Gasteiger partial charge in [0.15, 0.2) is 11.6 Å². The third-order valence-electron chi connectivity index (χ3n) is 13.6. The molecule has 7 aromatic rings. The van der Waals surface area contributed by atoms with E-state index >= 15 is 9.18 Å². The van der Waals surface area contributed by atoms with E-state index in [0.29, 0.717) is 78.1 Å². The van der Waals surface area contributed by atoms with Gasteiger partial charge in [-0.3, -0.25) is 18.9 Å². The largest absolute Gasteiger partial charge is 0.492 e. The molecule has 3 atom stereocenters. The zero-order chi connectivity index (χ0) is 42.3. The molecule has 11 rings (SSSR count). The van der Waals surface area contributed by atoms with Crippen LogP contribution in [0.4, 0.5) is 8.78 Å². The van der Waals surface area contributed by atoms with Gasteiger partial charge >= 0.3 is 11.4 Å². The molecule has 1 spiro atoms. The average molecular weight is 833 g/mol. The summed E-state index contributed by atoms with van der Waals surface area (Å²) in [5.41, 5.74) is 3.13. The SMILES string of the molecule is Cc1cc(-n2nc3c(c2-n2ccn(-c4c(F)ncn4C)c2=O)[C@H](C)N(C(=O)c2cc4cc5c(cc4n2[C@@]2(c4noc(=O)[nH]4)C[C@@H]2C)OCC52CCOCC2)CC3)cc(C)c1F. The summed E-state index contributed by atoms with van der Waals surface area (Å²) in [4.78, 5) is 50.6. The zero-order valence-electron chi connectivity index (χ0n) is 34.2. The van der Waals surface area contributed by atoms with E-state index in [1.807, 2.05) is 30.5 Å². The first kappa shape index (κ1) is 37.4. The molecule has 2 aromatic carbocycles. The molecule has 0 radical (unpaired) electrons. The second-order valence-electron chi connectivity index (χ2n) is 17.1. The number of H-pyrrole nitrogens is 1. The van der Waals surface area contributed by atoms with Crippen LogP contribution in [0.3, 0.4) is 0 Å². The lowest BCUT2D eigenvalue weighted by molar-refractivity contribution is 0.0420. The summed E-state index contributed by atoms with van der Waals surface area (Å²) in [5.74, 6) is -0.797. The van der Waals surface area contributed by atoms with Gasteiger partial charge in [0.2, 0.25) is 0 Å². The molecular formula is C43H42F2N10O6. The van der Waals surface area contributed by atoms with Crippen LogP contribution in [0.25, 0.3) is 28.2 Å². The van der Waals surface area contributed by atoms with Crippen molar-refractivity contribution < 1.29 is 27.6 Å². The van der Waals surface area contributed by atoms with Gasteiger partial charge in [-0.2, -0.15) is 9.49 Å². The number of carbonyl (C=O) groups is 1. The molecule has 1 N–H and O–H groups in total. The Hall–Kier alpha value is -6.56. The van der Waals surface area contributed by atoms with Gasteiger partial charge in [0.1, 0.15) is 28.6 Å². The van der Waals surface area contributed by atoms with E-state index in [1.54, 1.807) is 42.6 Å². The molecule has 3 aliphatic heterocycles. The normalized spacial score (nSPS) is 21.6. The van der Waals surface area contributed by atoms with Crippen molar-refractivity contribution in [3.05, 3.63) is 121 Å². The first-order chi connectivity index (χ1) is 29.3. The molecule has 0 bridgehead atoms. The Labute approximate surface area is 345 Å². The van der Waals surface area contributed by atoms with Crippen LogP contribution in [-0.4, -0.2) is 80.3 Å². The maximum Gasteiger partial charge on any atom is 0.438 e. The Morgan fingerprint density at radius 2 is 1.70 bits per heavy atom. The molecule has 61 heavy (non-hydrogen) atoms. The summed E-state index contributed by atoms with van der Waals surface area (Å²) < 4.78 is 54.7. The van der Waals surface area contributed by atoms with Gasteiger partial charge in [0.25, 0.3) is 11.9 Å². The van der Waals surface area contributed by atoms with Crippen LogP contribution in [0, 0.1) is 31.5 Å². The smallest absolute Gasteiger partial charge is 0.438 e. The van der Waals surface area contributed by atoms with Crippen molar-refractivity contribution in [3.8, 4) is 23.1 Å². The highest BCUT2D eigenvalue weighted by atomic mass is 19.1. The molecule has 8 heterocycles. The predicted molar refractivity (Wildman–Crippen MR) is 215 cm³/mol. The van der Waals surface area contributed by atoms with Crippen molar-refractivity contribution >= 4 is 16.8 Å². The third kappa shape index (κ3) is 5.23. The zero-order valence-corrected chi connectivity index (χ0v) is 34.2. The molecule has 1 aliphatic carbocycles. The van der Waals surface area contributed by atoms with E-state index in [1.165, 1.54) is 27.9 Å². The summed E-state index contributed by atoms with van der Waals surface area (Å²) in [6.45, 7) is 9.37. The lowest BCUT2D eigenvalue weighted by Crippen LogP contribution is -2.41. The number of imidazole rings is 2. The Kier molecular flexibility index (Phi) is 7.96. The van der Waals surface area contributed by atoms with Crippen LogP contribution in [-0.2, 0) is 29.2 Å². The van der Waals surface area contributed by atoms with Gasteiger partial charge in [-0.05, 0) is 81.3 Å². The molecule has 18 heteroatoms. The topological polar surface area (TPSA) is 165 Å². The predicted octanol–water partition coefficient (Wildman–Crippen LogP) is 5.06. The van der Waals surface area contributed by atoms with Crippen LogP contribution in [0.5, 0.6) is 5.75 Å². The minimum absolute atomic E-state index is 0.0237. The molecule has 1 saturated carbocycles. The van der Waals surface area contributed by atoms with Crippen LogP contribution >= 0.6 is 0 Å². The van der Waals surface area contributed by atoms with Crippen molar-refractivity contribution in [3.63, 3.8) is 0 Å². The van der Waals surface area contributed by atoms with E-state index in [2.05, 4.69) is 21.2 Å². The first-order valence-electron chi connectivity index (χ1n) is 20.5. The van der Waals surface area contributed by atoms with Crippen molar-refractivity contribution in [1.82, 2.24) is 48.1 Å². The molecule has 5 aromatic heterocycles. The monoisotopic (exact) mass is 832 g/mol. The van der Waals surface area contributed by atoms with Gasteiger partial charge in [0, 0.05) is 73.6 Å². The second kappa shape index (κ2) is 13.0. The van der Waals surface area contributed by atoms with Gasteiger partial charge in [-0.25, -0.2) is 28.2 Å². The van der Waals surface area contributed by atoms with Crippen molar-refractivity contribution in [2.24, 2.45) is 13.0 Å². The summed E-state index contributed by atoms with van der Waals surface area (Å²) in [7, 11) is 1.59. The molecule has 2 fully saturated rings. The molecule has 1 saturated heterocycles. The summed E-state index contributed by atoms with van der Waals surface area (Å²) in [6.07, 6.45) is 6.84. The number of aryl methyl sites for hydroxylation is 3. The van der Waals surface area contributed by atoms with Crippen LogP contribution in [0.15, 0.2) is 63.2 Å². The molecule has 1 amide bonds. The maximum atomic E-state index is 15.5. The standard InChI is InChI=1S/C43H42F2N10O6/c1-22-14-27(15-23(2)34(22)44)55-36(52-10-11-53(41(52)58)37-35(45)46-21-50(37)5)33-25(4)51(9-6-29(33)48-55)38(56)31-17-26-16-28-32(60-20-42(28)7-12-59-13-8-42)18-30(26)54(31)43(19-24(43)3)39-47-40(57)61-49-39/h10-11,14-18,21,24-25H,6-9,12-13,19-20H2,1-5H3,(H,47,49,57)/t24-,25-,43-/m0/s1. The fraction of sp³-hybridized carbons (Fsp3) is 0.395.